The molecule has 0 saturated heterocycles. The van der Waals surface area contributed by atoms with Crippen LogP contribution in [0.15, 0.2) is 18.2 Å². The maximum Gasteiger partial charge on any atom is 0.124 e. The third-order valence-corrected chi connectivity index (χ3v) is 3.09. The Morgan fingerprint density at radius 3 is 2.60 bits per heavy atom. The molecule has 0 saturated carbocycles. The highest BCUT2D eigenvalue weighted by Crippen LogP contribution is 2.28. The Bertz CT molecular complexity index is 397. The zero-order chi connectivity index (χ0) is 15.0. The summed E-state index contributed by atoms with van der Waals surface area (Å²) in [5, 5.41) is 13.5. The zero-order valence-electron chi connectivity index (χ0n) is 12.8. The molecule has 20 heavy (non-hydrogen) atoms. The Morgan fingerprint density at radius 1 is 1.25 bits per heavy atom. The van der Waals surface area contributed by atoms with Gasteiger partial charge in [0.1, 0.15) is 11.5 Å². The smallest absolute Gasteiger partial charge is 0.124 e. The summed E-state index contributed by atoms with van der Waals surface area (Å²) in [6.45, 7) is 2.41. The van der Waals surface area contributed by atoms with Crippen molar-refractivity contribution < 1.29 is 14.6 Å². The number of nitrogens with zero attached hydrogens (tertiary/aromatic N) is 1. The van der Waals surface area contributed by atoms with Crippen LogP contribution < -0.4 is 14.8 Å². The largest absolute Gasteiger partial charge is 0.497 e. The van der Waals surface area contributed by atoms with E-state index in [-0.39, 0.29) is 0 Å². The van der Waals surface area contributed by atoms with Gasteiger partial charge in [-0.2, -0.15) is 0 Å². The quantitative estimate of drug-likeness (QED) is 0.668. The molecule has 5 nitrogen and oxygen atoms in total. The second-order valence-electron chi connectivity index (χ2n) is 4.98. The summed E-state index contributed by atoms with van der Waals surface area (Å²) in [7, 11) is 7.31. The number of rotatable bonds is 9. The summed E-state index contributed by atoms with van der Waals surface area (Å²) in [6.07, 6.45) is 0.439. The Labute approximate surface area is 121 Å². The molecule has 1 rings (SSSR count). The molecule has 0 spiro atoms. The van der Waals surface area contributed by atoms with Crippen LogP contribution in [0.2, 0.25) is 0 Å². The van der Waals surface area contributed by atoms with Crippen molar-refractivity contribution in [3.05, 3.63) is 23.8 Å². The molecular weight excluding hydrogens is 256 g/mol. The molecule has 0 aromatic heterocycles. The van der Waals surface area contributed by atoms with Crippen molar-refractivity contribution in [2.45, 2.75) is 12.5 Å². The van der Waals surface area contributed by atoms with Gasteiger partial charge in [-0.15, -0.1) is 0 Å². The van der Waals surface area contributed by atoms with E-state index >= 15 is 0 Å². The summed E-state index contributed by atoms with van der Waals surface area (Å²) in [6, 6.07) is 5.44. The third kappa shape index (κ3) is 5.36. The third-order valence-electron chi connectivity index (χ3n) is 3.09. The second-order valence-corrected chi connectivity index (χ2v) is 4.98. The molecule has 1 unspecified atom stereocenters. The van der Waals surface area contributed by atoms with Crippen LogP contribution in [0.4, 0.5) is 0 Å². The van der Waals surface area contributed by atoms with Crippen molar-refractivity contribution in [2.24, 2.45) is 0 Å². The molecule has 114 valence electrons. The first-order valence-electron chi connectivity index (χ1n) is 6.84. The lowest BCUT2D eigenvalue weighted by Crippen LogP contribution is -2.25. The topological polar surface area (TPSA) is 54.0 Å². The van der Waals surface area contributed by atoms with Crippen LogP contribution in [0.3, 0.4) is 0 Å². The van der Waals surface area contributed by atoms with E-state index in [1.54, 1.807) is 14.2 Å². The van der Waals surface area contributed by atoms with Gasteiger partial charge in [0.25, 0.3) is 0 Å². The molecule has 0 aliphatic rings. The van der Waals surface area contributed by atoms with Crippen LogP contribution in [0.1, 0.15) is 18.1 Å². The lowest BCUT2D eigenvalue weighted by molar-refractivity contribution is 0.169. The monoisotopic (exact) mass is 282 g/mol. The number of aliphatic hydroxyl groups is 1. The van der Waals surface area contributed by atoms with Gasteiger partial charge in [0.05, 0.1) is 20.3 Å². The highest BCUT2D eigenvalue weighted by Gasteiger charge is 2.14. The van der Waals surface area contributed by atoms with Crippen molar-refractivity contribution in [1.82, 2.24) is 10.2 Å². The molecule has 0 bridgehead atoms. The van der Waals surface area contributed by atoms with Crippen molar-refractivity contribution >= 4 is 0 Å². The molecule has 0 aliphatic carbocycles. The maximum absolute atomic E-state index is 10.3. The van der Waals surface area contributed by atoms with Crippen molar-refractivity contribution in [3.63, 3.8) is 0 Å². The van der Waals surface area contributed by atoms with Crippen molar-refractivity contribution in [2.75, 3.05) is 47.9 Å². The highest BCUT2D eigenvalue weighted by molar-refractivity contribution is 5.41. The molecule has 2 N–H and O–H groups in total. The zero-order valence-corrected chi connectivity index (χ0v) is 12.8. The Balaban J connectivity index is 2.51. The molecule has 0 amide bonds. The highest BCUT2D eigenvalue weighted by atomic mass is 16.5. The predicted octanol–water partition coefficient (Wildman–Crippen LogP) is 1.28. The molecule has 1 aromatic carbocycles. The summed E-state index contributed by atoms with van der Waals surface area (Å²) in [4.78, 5) is 2.14. The molecule has 1 aromatic rings. The minimum Gasteiger partial charge on any atom is -0.497 e. The van der Waals surface area contributed by atoms with Gasteiger partial charge in [-0.1, -0.05) is 0 Å². The molecule has 0 heterocycles. The lowest BCUT2D eigenvalue weighted by Gasteiger charge is -2.17. The Kier molecular flexibility index (Phi) is 7.36. The molecule has 5 heteroatoms. The van der Waals surface area contributed by atoms with E-state index in [9.17, 15) is 5.11 Å². The molecule has 1 atom stereocenters. The number of aliphatic hydroxyl groups excluding tert-OH is 1. The van der Waals surface area contributed by atoms with Crippen LogP contribution in [-0.2, 0) is 0 Å². The van der Waals surface area contributed by atoms with Crippen LogP contribution in [0, 0.1) is 0 Å². The summed E-state index contributed by atoms with van der Waals surface area (Å²) in [5.41, 5.74) is 0.743. The summed E-state index contributed by atoms with van der Waals surface area (Å²) in [5.74, 6) is 1.39. The fraction of sp³-hybridized carbons (Fsp3) is 0.600. The van der Waals surface area contributed by atoms with Crippen LogP contribution in [-0.4, -0.2) is 58.0 Å². The van der Waals surface area contributed by atoms with E-state index < -0.39 is 6.10 Å². The fourth-order valence-corrected chi connectivity index (χ4v) is 1.97. The SMILES string of the molecule is COc1ccc(OC)c(C(O)CNCCCN(C)C)c1. The Hall–Kier alpha value is -1.30. The second kappa shape index (κ2) is 8.79. The van der Waals surface area contributed by atoms with Crippen LogP contribution in [0.25, 0.3) is 0 Å². The van der Waals surface area contributed by atoms with Crippen molar-refractivity contribution in [1.29, 1.82) is 0 Å². The number of benzene rings is 1. The van der Waals surface area contributed by atoms with E-state index in [0.717, 1.165) is 25.1 Å². The van der Waals surface area contributed by atoms with Crippen molar-refractivity contribution in [3.8, 4) is 11.5 Å². The van der Waals surface area contributed by atoms with Gasteiger partial charge in [-0.05, 0) is 51.8 Å². The molecular formula is C15H26N2O3. The van der Waals surface area contributed by atoms with Gasteiger partial charge in [-0.3, -0.25) is 0 Å². The average Bonchev–Trinajstić information content (AvgIpc) is 2.45. The molecule has 0 fully saturated rings. The first-order chi connectivity index (χ1) is 9.58. The number of ether oxygens (including phenoxy) is 2. The van der Waals surface area contributed by atoms with E-state index in [1.807, 2.05) is 18.2 Å². The van der Waals surface area contributed by atoms with Gasteiger partial charge in [0.15, 0.2) is 0 Å². The van der Waals surface area contributed by atoms with Crippen LogP contribution in [0.5, 0.6) is 11.5 Å². The van der Waals surface area contributed by atoms with E-state index in [0.29, 0.717) is 18.0 Å². The number of hydrogen-bond donors (Lipinski definition) is 2. The number of hydrogen-bond acceptors (Lipinski definition) is 5. The fourth-order valence-electron chi connectivity index (χ4n) is 1.97. The lowest BCUT2D eigenvalue weighted by atomic mass is 10.1. The van der Waals surface area contributed by atoms with Gasteiger partial charge >= 0.3 is 0 Å². The summed E-state index contributed by atoms with van der Waals surface area (Å²) < 4.78 is 10.5. The number of methoxy groups -OCH3 is 2. The van der Waals surface area contributed by atoms with Crippen LogP contribution >= 0.6 is 0 Å². The predicted molar refractivity (Wildman–Crippen MR) is 80.5 cm³/mol. The van der Waals surface area contributed by atoms with E-state index in [2.05, 4.69) is 24.3 Å². The maximum atomic E-state index is 10.3. The number of nitrogens with one attached hydrogen (secondary N) is 1. The standard InChI is InChI=1S/C15H26N2O3/c1-17(2)9-5-8-16-11-14(18)13-10-12(19-3)6-7-15(13)20-4/h6-7,10,14,16,18H,5,8-9,11H2,1-4H3. The first kappa shape index (κ1) is 16.8. The Morgan fingerprint density at radius 2 is 2.00 bits per heavy atom. The first-order valence-corrected chi connectivity index (χ1v) is 6.84. The average molecular weight is 282 g/mol. The summed E-state index contributed by atoms with van der Waals surface area (Å²) >= 11 is 0. The van der Waals surface area contributed by atoms with Gasteiger partial charge in [-0.25, -0.2) is 0 Å². The van der Waals surface area contributed by atoms with Gasteiger partial charge in [0.2, 0.25) is 0 Å². The molecule has 0 aliphatic heterocycles. The molecule has 0 radical (unpaired) electrons. The minimum absolute atomic E-state index is 0.497. The van der Waals surface area contributed by atoms with E-state index in [1.165, 1.54) is 0 Å². The minimum atomic E-state index is -0.612. The van der Waals surface area contributed by atoms with E-state index in [4.69, 9.17) is 9.47 Å². The van der Waals surface area contributed by atoms with Gasteiger partial charge in [0, 0.05) is 12.1 Å². The van der Waals surface area contributed by atoms with Gasteiger partial charge < -0.3 is 24.8 Å². The normalized spacial score (nSPS) is 12.5.